The quantitative estimate of drug-likeness (QED) is 0.834. The predicted octanol–water partition coefficient (Wildman–Crippen LogP) is 2.65. The highest BCUT2D eigenvalue weighted by Crippen LogP contribution is 2.27. The monoisotopic (exact) mass is 257 g/mol. The topological polar surface area (TPSA) is 30.3 Å². The molecule has 0 saturated carbocycles. The van der Waals surface area contributed by atoms with E-state index in [1.165, 1.54) is 22.4 Å². The number of rotatable bonds is 3. The Bertz CT molecular complexity index is 456. The number of benzene rings is 1. The molecule has 1 saturated heterocycles. The molecule has 3 nitrogen and oxygen atoms in total. The summed E-state index contributed by atoms with van der Waals surface area (Å²) in [7, 11) is 0. The van der Waals surface area contributed by atoms with Crippen LogP contribution in [0.4, 0.5) is 5.69 Å². The average molecular weight is 257 g/mol. The van der Waals surface area contributed by atoms with E-state index < -0.39 is 0 Å². The number of hydrogen-bond acceptors (Lipinski definition) is 3. The van der Waals surface area contributed by atoms with Crippen LogP contribution in [0.25, 0.3) is 0 Å². The van der Waals surface area contributed by atoms with E-state index in [4.69, 9.17) is 5.26 Å². The third-order valence-electron chi connectivity index (χ3n) is 3.86. The van der Waals surface area contributed by atoms with Gasteiger partial charge in [-0.15, -0.1) is 0 Å². The van der Waals surface area contributed by atoms with Crippen LogP contribution in [-0.4, -0.2) is 37.6 Å². The maximum absolute atomic E-state index is 8.64. The fraction of sp³-hybridized carbons (Fsp3) is 0.562. The zero-order chi connectivity index (χ0) is 13.8. The number of nitriles is 1. The zero-order valence-corrected chi connectivity index (χ0v) is 12.2. The van der Waals surface area contributed by atoms with Crippen molar-refractivity contribution in [3.63, 3.8) is 0 Å². The molecule has 0 aromatic heterocycles. The first kappa shape index (κ1) is 13.9. The number of aryl methyl sites for hydroxylation is 3. The summed E-state index contributed by atoms with van der Waals surface area (Å²) in [4.78, 5) is 4.88. The van der Waals surface area contributed by atoms with E-state index in [-0.39, 0.29) is 0 Å². The molecule has 19 heavy (non-hydrogen) atoms. The molecule has 1 fully saturated rings. The van der Waals surface area contributed by atoms with Gasteiger partial charge in [-0.3, -0.25) is 4.90 Å². The van der Waals surface area contributed by atoms with Crippen molar-refractivity contribution in [3.8, 4) is 6.07 Å². The molecule has 3 heteroatoms. The van der Waals surface area contributed by atoms with Gasteiger partial charge < -0.3 is 4.90 Å². The first-order chi connectivity index (χ1) is 9.11. The average Bonchev–Trinajstić information content (AvgIpc) is 2.36. The fourth-order valence-electron chi connectivity index (χ4n) is 3.07. The molecule has 102 valence electrons. The Kier molecular flexibility index (Phi) is 4.44. The molecule has 1 aliphatic rings. The highest BCUT2D eigenvalue weighted by atomic mass is 15.3. The summed E-state index contributed by atoms with van der Waals surface area (Å²) in [6.07, 6.45) is 0.641. The minimum atomic E-state index is 0.641. The summed E-state index contributed by atoms with van der Waals surface area (Å²) in [6, 6.07) is 6.76. The Morgan fingerprint density at radius 2 is 1.63 bits per heavy atom. The second kappa shape index (κ2) is 6.08. The normalized spacial score (nSPS) is 16.4. The van der Waals surface area contributed by atoms with Crippen molar-refractivity contribution in [3.05, 3.63) is 28.8 Å². The van der Waals surface area contributed by atoms with E-state index in [1.807, 2.05) is 0 Å². The fourth-order valence-corrected chi connectivity index (χ4v) is 3.07. The lowest BCUT2D eigenvalue weighted by atomic mass is 10.0. The second-order valence-corrected chi connectivity index (χ2v) is 5.48. The number of piperazine rings is 1. The molecule has 0 unspecified atom stereocenters. The summed E-state index contributed by atoms with van der Waals surface area (Å²) < 4.78 is 0. The van der Waals surface area contributed by atoms with Crippen LogP contribution < -0.4 is 4.90 Å². The Morgan fingerprint density at radius 3 is 2.16 bits per heavy atom. The van der Waals surface area contributed by atoms with Crippen molar-refractivity contribution < 1.29 is 0 Å². The molecule has 0 amide bonds. The highest BCUT2D eigenvalue weighted by molar-refractivity contribution is 5.60. The molecule has 0 bridgehead atoms. The summed E-state index contributed by atoms with van der Waals surface area (Å²) in [6.45, 7) is 11.7. The van der Waals surface area contributed by atoms with Gasteiger partial charge in [-0.25, -0.2) is 0 Å². The smallest absolute Gasteiger partial charge is 0.0635 e. The van der Waals surface area contributed by atoms with E-state index in [2.05, 4.69) is 48.8 Å². The summed E-state index contributed by atoms with van der Waals surface area (Å²) in [5.41, 5.74) is 5.50. The largest absolute Gasteiger partial charge is 0.369 e. The third-order valence-corrected chi connectivity index (χ3v) is 3.86. The van der Waals surface area contributed by atoms with Gasteiger partial charge in [0.05, 0.1) is 6.07 Å². The van der Waals surface area contributed by atoms with E-state index in [9.17, 15) is 0 Å². The van der Waals surface area contributed by atoms with Gasteiger partial charge in [-0.2, -0.15) is 5.26 Å². The molecular weight excluding hydrogens is 234 g/mol. The highest BCUT2D eigenvalue weighted by Gasteiger charge is 2.19. The van der Waals surface area contributed by atoms with Crippen molar-refractivity contribution in [2.75, 3.05) is 37.6 Å². The van der Waals surface area contributed by atoms with Crippen LogP contribution in [0.1, 0.15) is 23.1 Å². The lowest BCUT2D eigenvalue weighted by Gasteiger charge is -2.37. The summed E-state index contributed by atoms with van der Waals surface area (Å²) in [5, 5.41) is 8.64. The van der Waals surface area contributed by atoms with Crippen molar-refractivity contribution in [2.45, 2.75) is 27.2 Å². The van der Waals surface area contributed by atoms with Gasteiger partial charge in [0.15, 0.2) is 0 Å². The molecule has 1 aromatic rings. The molecule has 1 aromatic carbocycles. The second-order valence-electron chi connectivity index (χ2n) is 5.48. The van der Waals surface area contributed by atoms with E-state index in [0.29, 0.717) is 6.42 Å². The van der Waals surface area contributed by atoms with E-state index >= 15 is 0 Å². The number of nitrogens with zero attached hydrogens (tertiary/aromatic N) is 3. The van der Waals surface area contributed by atoms with Crippen LogP contribution >= 0.6 is 0 Å². The Labute approximate surface area is 116 Å². The van der Waals surface area contributed by atoms with Crippen LogP contribution in [-0.2, 0) is 0 Å². The first-order valence-corrected chi connectivity index (χ1v) is 7.04. The van der Waals surface area contributed by atoms with Crippen molar-refractivity contribution in [1.82, 2.24) is 4.90 Å². The van der Waals surface area contributed by atoms with Crippen molar-refractivity contribution in [2.24, 2.45) is 0 Å². The van der Waals surface area contributed by atoms with Gasteiger partial charge in [0.25, 0.3) is 0 Å². The van der Waals surface area contributed by atoms with Crippen LogP contribution in [0.5, 0.6) is 0 Å². The molecule has 0 spiro atoms. The maximum atomic E-state index is 8.64. The molecule has 0 N–H and O–H groups in total. The predicted molar refractivity (Wildman–Crippen MR) is 79.5 cm³/mol. The molecule has 0 radical (unpaired) electrons. The Balaban J connectivity index is 2.04. The maximum Gasteiger partial charge on any atom is 0.0635 e. The summed E-state index contributed by atoms with van der Waals surface area (Å²) >= 11 is 0. The van der Waals surface area contributed by atoms with Crippen LogP contribution in [0.15, 0.2) is 12.1 Å². The first-order valence-electron chi connectivity index (χ1n) is 7.04. The third kappa shape index (κ3) is 3.27. The molecule has 1 heterocycles. The molecule has 0 aliphatic carbocycles. The van der Waals surface area contributed by atoms with Gasteiger partial charge in [-0.1, -0.05) is 17.7 Å². The van der Waals surface area contributed by atoms with E-state index in [0.717, 1.165) is 32.7 Å². The molecular formula is C16H23N3. The standard InChI is InChI=1S/C16H23N3/c1-13-11-14(2)16(15(3)12-13)19-9-7-18(8-10-19)6-4-5-17/h11-12H,4,6-10H2,1-3H3. The van der Waals surface area contributed by atoms with Gasteiger partial charge >= 0.3 is 0 Å². The van der Waals surface area contributed by atoms with Crippen molar-refractivity contribution in [1.29, 1.82) is 5.26 Å². The Morgan fingerprint density at radius 1 is 1.05 bits per heavy atom. The number of anilines is 1. The summed E-state index contributed by atoms with van der Waals surface area (Å²) in [5.74, 6) is 0. The molecule has 0 atom stereocenters. The molecule has 2 rings (SSSR count). The van der Waals surface area contributed by atoms with Gasteiger partial charge in [0, 0.05) is 44.8 Å². The minimum absolute atomic E-state index is 0.641. The van der Waals surface area contributed by atoms with Gasteiger partial charge in [-0.05, 0) is 31.9 Å². The van der Waals surface area contributed by atoms with Gasteiger partial charge in [0.2, 0.25) is 0 Å². The zero-order valence-electron chi connectivity index (χ0n) is 12.2. The van der Waals surface area contributed by atoms with Crippen molar-refractivity contribution >= 4 is 5.69 Å². The number of hydrogen-bond donors (Lipinski definition) is 0. The minimum Gasteiger partial charge on any atom is -0.369 e. The van der Waals surface area contributed by atoms with Crippen LogP contribution in [0.3, 0.4) is 0 Å². The Hall–Kier alpha value is -1.53. The van der Waals surface area contributed by atoms with Crippen LogP contribution in [0, 0.1) is 32.1 Å². The van der Waals surface area contributed by atoms with Gasteiger partial charge in [0.1, 0.15) is 0 Å². The lowest BCUT2D eigenvalue weighted by molar-refractivity contribution is 0.263. The van der Waals surface area contributed by atoms with Crippen LogP contribution in [0.2, 0.25) is 0 Å². The molecule has 1 aliphatic heterocycles. The van der Waals surface area contributed by atoms with E-state index in [1.54, 1.807) is 0 Å². The lowest BCUT2D eigenvalue weighted by Crippen LogP contribution is -2.47. The SMILES string of the molecule is Cc1cc(C)c(N2CCN(CCC#N)CC2)c(C)c1.